The molecule has 0 aliphatic heterocycles. The number of ether oxygens (including phenoxy) is 2. The van der Waals surface area contributed by atoms with Gasteiger partial charge >= 0.3 is 0 Å². The van der Waals surface area contributed by atoms with Crippen LogP contribution in [0.5, 0.6) is 11.6 Å². The van der Waals surface area contributed by atoms with Crippen molar-refractivity contribution in [3.05, 3.63) is 40.6 Å². The minimum atomic E-state index is -0.310. The van der Waals surface area contributed by atoms with Crippen molar-refractivity contribution in [1.82, 2.24) is 15.1 Å². The highest BCUT2D eigenvalue weighted by Gasteiger charge is 2.21. The number of carbonyl (C=O) groups excluding carboxylic acids is 1. The minimum Gasteiger partial charge on any atom is -0.488 e. The summed E-state index contributed by atoms with van der Waals surface area (Å²) in [6, 6.07) is 5.97. The van der Waals surface area contributed by atoms with E-state index in [0.29, 0.717) is 23.7 Å². The summed E-state index contributed by atoms with van der Waals surface area (Å²) in [5.41, 5.74) is 2.81. The van der Waals surface area contributed by atoms with E-state index in [0.717, 1.165) is 16.9 Å². The Morgan fingerprint density at radius 1 is 1.28 bits per heavy atom. The molecule has 0 saturated heterocycles. The fraction of sp³-hybridized carbons (Fsp3) is 0.474. The van der Waals surface area contributed by atoms with Crippen molar-refractivity contribution in [1.29, 1.82) is 0 Å². The van der Waals surface area contributed by atoms with Crippen LogP contribution in [0.2, 0.25) is 0 Å². The second-order valence-corrected chi connectivity index (χ2v) is 7.10. The molecular weight excluding hydrogens is 318 g/mol. The lowest BCUT2D eigenvalue weighted by Crippen LogP contribution is -2.26. The fourth-order valence-corrected chi connectivity index (χ4v) is 2.63. The first-order valence-corrected chi connectivity index (χ1v) is 8.26. The highest BCUT2D eigenvalue weighted by atomic mass is 16.5. The SMILES string of the molecule is COc1c(C(=O)NCc2ccc(C)cc2OC(C)(C)C)c(C)nn1C. The Hall–Kier alpha value is -2.50. The van der Waals surface area contributed by atoms with Gasteiger partial charge in [0.05, 0.1) is 12.8 Å². The summed E-state index contributed by atoms with van der Waals surface area (Å²) in [7, 11) is 3.28. The molecule has 0 fully saturated rings. The average Bonchev–Trinajstić information content (AvgIpc) is 2.78. The van der Waals surface area contributed by atoms with Crippen molar-refractivity contribution in [2.24, 2.45) is 7.05 Å². The number of nitrogens with zero attached hydrogens (tertiary/aromatic N) is 2. The third-order valence-electron chi connectivity index (χ3n) is 3.67. The largest absolute Gasteiger partial charge is 0.488 e. The van der Waals surface area contributed by atoms with E-state index in [1.165, 1.54) is 7.11 Å². The number of hydrogen-bond donors (Lipinski definition) is 1. The smallest absolute Gasteiger partial charge is 0.258 e. The Morgan fingerprint density at radius 2 is 1.96 bits per heavy atom. The van der Waals surface area contributed by atoms with Crippen molar-refractivity contribution in [2.75, 3.05) is 7.11 Å². The fourth-order valence-electron chi connectivity index (χ4n) is 2.63. The lowest BCUT2D eigenvalue weighted by molar-refractivity contribution is 0.0945. The third kappa shape index (κ3) is 4.53. The molecule has 1 amide bonds. The van der Waals surface area contributed by atoms with Crippen LogP contribution in [0.25, 0.3) is 0 Å². The number of nitrogens with one attached hydrogen (secondary N) is 1. The molecule has 25 heavy (non-hydrogen) atoms. The van der Waals surface area contributed by atoms with Crippen molar-refractivity contribution >= 4 is 5.91 Å². The van der Waals surface area contributed by atoms with Gasteiger partial charge < -0.3 is 14.8 Å². The molecule has 0 bridgehead atoms. The highest BCUT2D eigenvalue weighted by molar-refractivity contribution is 5.97. The van der Waals surface area contributed by atoms with E-state index in [1.54, 1.807) is 18.7 Å². The summed E-state index contributed by atoms with van der Waals surface area (Å²) in [5.74, 6) is 1.01. The first kappa shape index (κ1) is 18.8. The maximum absolute atomic E-state index is 12.6. The second kappa shape index (κ2) is 7.17. The van der Waals surface area contributed by atoms with Gasteiger partial charge in [-0.15, -0.1) is 0 Å². The van der Waals surface area contributed by atoms with Crippen LogP contribution in [0, 0.1) is 13.8 Å². The molecule has 1 aromatic heterocycles. The maximum atomic E-state index is 12.6. The minimum absolute atomic E-state index is 0.218. The van der Waals surface area contributed by atoms with Crippen molar-refractivity contribution in [3.8, 4) is 11.6 Å². The molecule has 2 rings (SSSR count). The number of carbonyl (C=O) groups is 1. The first-order valence-electron chi connectivity index (χ1n) is 8.26. The molecule has 0 spiro atoms. The zero-order chi connectivity index (χ0) is 18.8. The van der Waals surface area contributed by atoms with Gasteiger partial charge in [-0.3, -0.25) is 4.79 Å². The molecule has 0 unspecified atom stereocenters. The van der Waals surface area contributed by atoms with E-state index in [9.17, 15) is 4.79 Å². The number of hydrogen-bond acceptors (Lipinski definition) is 4. The van der Waals surface area contributed by atoms with Gasteiger partial charge in [-0.05, 0) is 46.2 Å². The summed E-state index contributed by atoms with van der Waals surface area (Å²) in [4.78, 5) is 12.6. The van der Waals surface area contributed by atoms with E-state index < -0.39 is 0 Å². The molecule has 1 N–H and O–H groups in total. The van der Waals surface area contributed by atoms with Crippen LogP contribution in [0.4, 0.5) is 0 Å². The van der Waals surface area contributed by atoms with Crippen LogP contribution in [-0.4, -0.2) is 28.4 Å². The van der Waals surface area contributed by atoms with Gasteiger partial charge in [0.25, 0.3) is 5.91 Å². The Labute approximate surface area is 149 Å². The van der Waals surface area contributed by atoms with Gasteiger partial charge in [-0.25, -0.2) is 4.68 Å². The monoisotopic (exact) mass is 345 g/mol. The number of aromatic nitrogens is 2. The summed E-state index contributed by atoms with van der Waals surface area (Å²) >= 11 is 0. The van der Waals surface area contributed by atoms with Gasteiger partial charge in [0.15, 0.2) is 0 Å². The molecule has 1 aromatic carbocycles. The van der Waals surface area contributed by atoms with Crippen LogP contribution < -0.4 is 14.8 Å². The molecule has 136 valence electrons. The highest BCUT2D eigenvalue weighted by Crippen LogP contribution is 2.25. The molecule has 0 atom stereocenters. The van der Waals surface area contributed by atoms with Crippen molar-refractivity contribution < 1.29 is 14.3 Å². The van der Waals surface area contributed by atoms with Crippen LogP contribution >= 0.6 is 0 Å². The molecular formula is C19H27N3O3. The van der Waals surface area contributed by atoms with Crippen molar-refractivity contribution in [3.63, 3.8) is 0 Å². The Morgan fingerprint density at radius 3 is 2.56 bits per heavy atom. The number of aryl methyl sites for hydroxylation is 3. The number of benzene rings is 1. The predicted octanol–water partition coefficient (Wildman–Crippen LogP) is 3.15. The second-order valence-electron chi connectivity index (χ2n) is 7.10. The predicted molar refractivity (Wildman–Crippen MR) is 97.2 cm³/mol. The molecule has 0 aliphatic rings. The molecule has 0 radical (unpaired) electrons. The lowest BCUT2D eigenvalue weighted by atomic mass is 10.1. The van der Waals surface area contributed by atoms with E-state index >= 15 is 0 Å². The molecule has 2 aromatic rings. The van der Waals surface area contributed by atoms with E-state index in [1.807, 2.05) is 45.9 Å². The van der Waals surface area contributed by atoms with Crippen LogP contribution in [0.1, 0.15) is 48.0 Å². The summed E-state index contributed by atoms with van der Waals surface area (Å²) in [5, 5.41) is 7.18. The third-order valence-corrected chi connectivity index (χ3v) is 3.67. The van der Waals surface area contributed by atoms with Crippen LogP contribution in [-0.2, 0) is 13.6 Å². The summed E-state index contributed by atoms with van der Waals surface area (Å²) in [6.07, 6.45) is 0. The van der Waals surface area contributed by atoms with Gasteiger partial charge in [0.2, 0.25) is 5.88 Å². The number of rotatable bonds is 5. The average molecular weight is 345 g/mol. The van der Waals surface area contributed by atoms with Gasteiger partial charge in [0.1, 0.15) is 16.9 Å². The van der Waals surface area contributed by atoms with E-state index in [2.05, 4.69) is 10.4 Å². The lowest BCUT2D eigenvalue weighted by Gasteiger charge is -2.23. The van der Waals surface area contributed by atoms with Gasteiger partial charge in [-0.2, -0.15) is 5.10 Å². The van der Waals surface area contributed by atoms with Crippen LogP contribution in [0.15, 0.2) is 18.2 Å². The van der Waals surface area contributed by atoms with Gasteiger partial charge in [-0.1, -0.05) is 12.1 Å². The first-order chi connectivity index (χ1) is 11.6. The normalized spacial score (nSPS) is 11.3. The molecule has 1 heterocycles. The molecule has 6 heteroatoms. The zero-order valence-corrected chi connectivity index (χ0v) is 16.1. The molecule has 6 nitrogen and oxygen atoms in total. The quantitative estimate of drug-likeness (QED) is 0.904. The van der Waals surface area contributed by atoms with Crippen LogP contribution in [0.3, 0.4) is 0 Å². The Bertz CT molecular complexity index is 773. The van der Waals surface area contributed by atoms with E-state index in [4.69, 9.17) is 9.47 Å². The maximum Gasteiger partial charge on any atom is 0.258 e. The molecule has 0 aliphatic carbocycles. The van der Waals surface area contributed by atoms with E-state index in [-0.39, 0.29) is 11.5 Å². The topological polar surface area (TPSA) is 65.4 Å². The molecule has 0 saturated carbocycles. The summed E-state index contributed by atoms with van der Waals surface area (Å²) < 4.78 is 12.9. The summed E-state index contributed by atoms with van der Waals surface area (Å²) in [6.45, 7) is 10.2. The number of methoxy groups -OCH3 is 1. The number of amides is 1. The Kier molecular flexibility index (Phi) is 5.40. The van der Waals surface area contributed by atoms with Gasteiger partial charge in [0, 0.05) is 19.2 Å². The standard InChI is InChI=1S/C19H27N3O3/c1-12-8-9-14(15(10-12)25-19(3,4)5)11-20-17(23)16-13(2)21-22(6)18(16)24-7/h8-10H,11H2,1-7H3,(H,20,23). The van der Waals surface area contributed by atoms with Crippen molar-refractivity contribution in [2.45, 2.75) is 46.8 Å². The Balaban J connectivity index is 2.20. The zero-order valence-electron chi connectivity index (χ0n) is 16.1.